The van der Waals surface area contributed by atoms with Crippen LogP contribution in [0.25, 0.3) is 0 Å². The first-order valence-corrected chi connectivity index (χ1v) is 9.72. The summed E-state index contributed by atoms with van der Waals surface area (Å²) >= 11 is -12.6. The number of hydrogen-bond acceptors (Lipinski definition) is 9. The summed E-state index contributed by atoms with van der Waals surface area (Å²) in [6.07, 6.45) is 0. The molecule has 9 nitrogen and oxygen atoms in total. The molecule has 0 fully saturated rings. The fraction of sp³-hybridized carbons (Fsp3) is 0. The molecule has 0 aliphatic rings. The van der Waals surface area contributed by atoms with Gasteiger partial charge in [-0.3, -0.25) is 0 Å². The van der Waals surface area contributed by atoms with Crippen LogP contribution in [0.15, 0.2) is 0 Å². The van der Waals surface area contributed by atoms with Crippen LogP contribution in [0.4, 0.5) is 0 Å². The molecule has 0 N–H and O–H groups in total. The van der Waals surface area contributed by atoms with Crippen molar-refractivity contribution in [2.24, 2.45) is 0 Å². The van der Waals surface area contributed by atoms with Crippen molar-refractivity contribution < 1.29 is 116 Å². The van der Waals surface area contributed by atoms with Gasteiger partial charge in [0.1, 0.15) is 0 Å². The summed E-state index contributed by atoms with van der Waals surface area (Å²) < 4.78 is 77.4. The maximum atomic E-state index is 8.60. The Morgan fingerprint density at radius 3 is 0.571 bits per heavy atom. The van der Waals surface area contributed by atoms with Crippen molar-refractivity contribution in [3.05, 3.63) is 0 Å². The summed E-state index contributed by atoms with van der Waals surface area (Å²) in [6.45, 7) is 0. The van der Waals surface area contributed by atoms with E-state index in [1.165, 1.54) is 0 Å². The molecule has 0 aromatic heterocycles. The van der Waals surface area contributed by atoms with Crippen molar-refractivity contribution in [3.8, 4) is 0 Å². The normalized spacial score (nSPS) is 5.36. The molecule has 14 heteroatoms. The summed E-state index contributed by atoms with van der Waals surface area (Å²) in [5, 5.41) is 0. The monoisotopic (exact) mass is 584 g/mol. The zero-order valence-electron chi connectivity index (χ0n) is 6.72. The topological polar surface area (TPSA) is 172 Å². The fourth-order valence-electron chi connectivity index (χ4n) is 0. The van der Waals surface area contributed by atoms with E-state index in [1.807, 2.05) is 0 Å². The molecule has 0 aromatic carbocycles. The van der Waals surface area contributed by atoms with Crippen LogP contribution in [0.5, 0.6) is 0 Å². The Bertz CT molecular complexity index is 213. The van der Waals surface area contributed by atoms with Crippen LogP contribution < -0.4 is 40.4 Å². The van der Waals surface area contributed by atoms with E-state index in [-0.39, 0.29) is 78.4 Å². The van der Waals surface area contributed by atoms with Crippen LogP contribution in [0, 0.1) is 0 Å². The minimum atomic E-state index is -4.20. The van der Waals surface area contributed by atoms with E-state index in [0.717, 1.165) is 0 Å². The Balaban J connectivity index is -0.0000000270. The maximum absolute atomic E-state index is 8.60. The Hall–Kier alpha value is 3.47. The Labute approximate surface area is 161 Å². The summed E-state index contributed by atoms with van der Waals surface area (Å²) in [5.41, 5.74) is 0. The molecular weight excluding hydrogens is 583 g/mol. The van der Waals surface area contributed by atoms with E-state index in [1.54, 1.807) is 0 Å². The second-order valence-corrected chi connectivity index (χ2v) is 3.97. The first-order chi connectivity index (χ1) is 5.20. The van der Waals surface area contributed by atoms with Gasteiger partial charge in [0, 0.05) is 0 Å². The van der Waals surface area contributed by atoms with Gasteiger partial charge in [0.15, 0.2) is 0 Å². The Kier molecular flexibility index (Phi) is 55.2. The average molecular weight is 583 g/mol. The van der Waals surface area contributed by atoms with Crippen molar-refractivity contribution in [1.29, 1.82) is 0 Å². The molecule has 0 saturated carbocycles. The van der Waals surface area contributed by atoms with Gasteiger partial charge in [0.05, 0.1) is 0 Å². The van der Waals surface area contributed by atoms with Gasteiger partial charge in [-0.15, -0.1) is 0 Å². The van der Waals surface area contributed by atoms with Crippen LogP contribution in [0.3, 0.4) is 0 Å². The second kappa shape index (κ2) is 25.3. The first-order valence-electron chi connectivity index (χ1n) is 1.64. The zero-order chi connectivity index (χ0) is 10.7. The van der Waals surface area contributed by atoms with Gasteiger partial charge in [0.25, 0.3) is 0 Å². The molecule has 0 bridgehead atoms. The van der Waals surface area contributed by atoms with Gasteiger partial charge in [0.2, 0.25) is 0 Å². The van der Waals surface area contributed by atoms with E-state index in [9.17, 15) is 0 Å². The first kappa shape index (κ1) is 30.5. The molecule has 0 aliphatic carbocycles. The molecule has 0 amide bonds. The predicted molar refractivity (Wildman–Crippen MR) is 9.87 cm³/mol. The molecule has 0 aliphatic heterocycles. The van der Waals surface area contributed by atoms with Crippen LogP contribution in [-0.4, -0.2) is 48.9 Å². The number of hydrogen-bond donors (Lipinski definition) is 0. The third-order valence-corrected chi connectivity index (χ3v) is 0. The standard InChI is InChI=1S/Ba.Na.3Nb.9O/q+2;+1;;;;;;;;;;3*-1. The van der Waals surface area contributed by atoms with Gasteiger partial charge < -0.3 is 0 Å². The van der Waals surface area contributed by atoms with Crippen LogP contribution in [0.1, 0.15) is 0 Å². The van der Waals surface area contributed by atoms with E-state index in [0.29, 0.717) is 0 Å². The summed E-state index contributed by atoms with van der Waals surface area (Å²) in [6, 6.07) is 0. The third kappa shape index (κ3) is 269. The van der Waals surface area contributed by atoms with E-state index >= 15 is 0 Å². The third-order valence-electron chi connectivity index (χ3n) is 0. The molecule has 0 unspecified atom stereocenters. The molecule has 0 heterocycles. The van der Waals surface area contributed by atoms with Gasteiger partial charge in [-0.25, -0.2) is 0 Å². The van der Waals surface area contributed by atoms with Crippen molar-refractivity contribution in [2.45, 2.75) is 0 Å². The second-order valence-electron chi connectivity index (χ2n) is 0.671. The SMILES string of the molecule is [Ba+2].[Na+].[O]=[Nb](=[O])[O-].[O]=[Nb](=[O])[O-].[O]=[Nb](=[O])[O-]. The minimum absolute atomic E-state index is 0. The fourth-order valence-corrected chi connectivity index (χ4v) is 0. The van der Waals surface area contributed by atoms with E-state index in [2.05, 4.69) is 0 Å². The summed E-state index contributed by atoms with van der Waals surface area (Å²) in [4.78, 5) is 0. The Morgan fingerprint density at radius 1 is 0.571 bits per heavy atom. The van der Waals surface area contributed by atoms with Crippen molar-refractivity contribution in [1.82, 2.24) is 0 Å². The van der Waals surface area contributed by atoms with Crippen molar-refractivity contribution >= 4 is 48.9 Å². The van der Waals surface area contributed by atoms with Crippen LogP contribution in [-0.2, 0) is 75.9 Å². The van der Waals surface area contributed by atoms with Gasteiger partial charge >= 0.3 is 165 Å². The molecule has 14 heavy (non-hydrogen) atoms. The molecule has 0 atom stereocenters. The predicted octanol–water partition coefficient (Wildman–Crippen LogP) is -7.66. The molecule has 72 valence electrons. The van der Waals surface area contributed by atoms with Gasteiger partial charge in [-0.1, -0.05) is 0 Å². The Morgan fingerprint density at radius 2 is 0.571 bits per heavy atom. The molecule has 0 saturated heterocycles. The molecular formula is BaNaNb3O9. The molecule has 0 rings (SSSR count). The molecule has 0 spiro atoms. The molecule has 0 radical (unpaired) electrons. The van der Waals surface area contributed by atoms with E-state index < -0.39 is 56.4 Å². The van der Waals surface area contributed by atoms with Crippen molar-refractivity contribution in [2.75, 3.05) is 0 Å². The summed E-state index contributed by atoms with van der Waals surface area (Å²) in [5.74, 6) is 0. The van der Waals surface area contributed by atoms with Gasteiger partial charge in [-0.2, -0.15) is 0 Å². The van der Waals surface area contributed by atoms with Crippen LogP contribution in [0.2, 0.25) is 0 Å². The number of rotatable bonds is 0. The van der Waals surface area contributed by atoms with Crippen LogP contribution >= 0.6 is 0 Å². The molecule has 0 aromatic rings. The zero-order valence-corrected chi connectivity index (χ0v) is 19.8. The van der Waals surface area contributed by atoms with E-state index in [4.69, 9.17) is 30.3 Å². The summed E-state index contributed by atoms with van der Waals surface area (Å²) in [7, 11) is 0. The van der Waals surface area contributed by atoms with Crippen molar-refractivity contribution in [3.63, 3.8) is 0 Å². The van der Waals surface area contributed by atoms with Gasteiger partial charge in [-0.05, 0) is 0 Å². The quantitative estimate of drug-likeness (QED) is 0.252. The average Bonchev–Trinajstić information content (AvgIpc) is 1.54.